The van der Waals surface area contributed by atoms with Gasteiger partial charge < -0.3 is 24.6 Å². The fraction of sp³-hybridized carbons (Fsp3) is 0.667. The minimum atomic E-state index is -0.536. The summed E-state index contributed by atoms with van der Waals surface area (Å²) >= 11 is 0. The maximum absolute atomic E-state index is 12.4. The molecule has 1 aromatic rings. The van der Waals surface area contributed by atoms with Crippen LogP contribution in [0.3, 0.4) is 0 Å². The van der Waals surface area contributed by atoms with Crippen LogP contribution in [0, 0.1) is 0 Å². The normalized spacial score (nSPS) is 20.3. The monoisotopic (exact) mass is 348 g/mol. The van der Waals surface area contributed by atoms with Crippen molar-refractivity contribution in [3.8, 4) is 0 Å². The molecule has 7 heteroatoms. The van der Waals surface area contributed by atoms with Gasteiger partial charge in [-0.15, -0.1) is 0 Å². The number of carbonyl (C=O) groups is 1. The van der Waals surface area contributed by atoms with E-state index in [0.717, 1.165) is 43.0 Å². The molecule has 1 N–H and O–H groups in total. The molecule has 0 aliphatic carbocycles. The number of pyridine rings is 1. The van der Waals surface area contributed by atoms with Gasteiger partial charge in [-0.3, -0.25) is 4.79 Å². The molecular formula is C18H28N4O3. The molecule has 0 aromatic carbocycles. The van der Waals surface area contributed by atoms with Crippen LogP contribution in [0.1, 0.15) is 36.0 Å². The minimum absolute atomic E-state index is 0.187. The third-order valence-corrected chi connectivity index (χ3v) is 5.07. The number of likely N-dealkylation sites (N-methyl/N-ethyl adjacent to an activating group) is 1. The van der Waals surface area contributed by atoms with Crippen LogP contribution in [0.4, 0.5) is 5.82 Å². The van der Waals surface area contributed by atoms with Crippen LogP contribution < -0.4 is 5.32 Å². The zero-order chi connectivity index (χ0) is 18.0. The van der Waals surface area contributed by atoms with E-state index in [1.54, 1.807) is 14.2 Å². The smallest absolute Gasteiger partial charge is 0.224 e. The van der Waals surface area contributed by atoms with E-state index in [1.165, 1.54) is 5.56 Å². The van der Waals surface area contributed by atoms with E-state index < -0.39 is 6.29 Å². The predicted molar refractivity (Wildman–Crippen MR) is 95.3 cm³/mol. The van der Waals surface area contributed by atoms with Crippen molar-refractivity contribution in [1.82, 2.24) is 14.8 Å². The van der Waals surface area contributed by atoms with E-state index >= 15 is 0 Å². The Balaban J connectivity index is 1.89. The summed E-state index contributed by atoms with van der Waals surface area (Å²) in [6.07, 6.45) is 2.13. The fourth-order valence-electron chi connectivity index (χ4n) is 3.55. The van der Waals surface area contributed by atoms with Crippen molar-refractivity contribution in [3.05, 3.63) is 22.9 Å². The molecule has 1 atom stereocenters. The van der Waals surface area contributed by atoms with Gasteiger partial charge in [0.25, 0.3) is 0 Å². The van der Waals surface area contributed by atoms with Crippen LogP contribution in [-0.4, -0.2) is 68.1 Å². The lowest BCUT2D eigenvalue weighted by molar-refractivity contribution is -0.128. The summed E-state index contributed by atoms with van der Waals surface area (Å²) in [6.45, 7) is 2.21. The number of amides is 1. The van der Waals surface area contributed by atoms with Crippen molar-refractivity contribution in [1.29, 1.82) is 0 Å². The summed E-state index contributed by atoms with van der Waals surface area (Å²) < 4.78 is 10.9. The Kier molecular flexibility index (Phi) is 5.56. The van der Waals surface area contributed by atoms with Crippen LogP contribution in [0.15, 0.2) is 6.07 Å². The second-order valence-electron chi connectivity index (χ2n) is 6.97. The standard InChI is InChI=1S/C18H28N4O3/c1-21(2)14-9-15(23)22(11-14)10-13-8-12-6-5-7-19-17(12)20-16(13)18(24-3)25-4/h8,14,18H,5-7,9-11H2,1-4H3,(H,19,20)/t14-/m1/s1. The van der Waals surface area contributed by atoms with E-state index in [1.807, 2.05) is 19.0 Å². The molecule has 138 valence electrons. The van der Waals surface area contributed by atoms with Gasteiger partial charge in [-0.1, -0.05) is 0 Å². The number of carbonyl (C=O) groups excluding carboxylic acids is 1. The lowest BCUT2D eigenvalue weighted by Crippen LogP contribution is -2.32. The summed E-state index contributed by atoms with van der Waals surface area (Å²) in [7, 11) is 7.25. The molecule has 0 radical (unpaired) electrons. The van der Waals surface area contributed by atoms with Crippen molar-refractivity contribution < 1.29 is 14.3 Å². The summed E-state index contributed by atoms with van der Waals surface area (Å²) in [4.78, 5) is 21.2. The van der Waals surface area contributed by atoms with Crippen LogP contribution in [0.25, 0.3) is 0 Å². The number of ether oxygens (including phenoxy) is 2. The largest absolute Gasteiger partial charge is 0.370 e. The quantitative estimate of drug-likeness (QED) is 0.784. The first kappa shape index (κ1) is 18.1. The van der Waals surface area contributed by atoms with Gasteiger partial charge in [0.1, 0.15) is 11.5 Å². The number of methoxy groups -OCH3 is 2. The molecule has 0 saturated carbocycles. The average molecular weight is 348 g/mol. The Morgan fingerprint density at radius 3 is 2.80 bits per heavy atom. The molecule has 1 aromatic heterocycles. The number of hydrogen-bond donors (Lipinski definition) is 1. The van der Waals surface area contributed by atoms with Crippen LogP contribution >= 0.6 is 0 Å². The summed E-state index contributed by atoms with van der Waals surface area (Å²) in [5, 5.41) is 3.35. The third-order valence-electron chi connectivity index (χ3n) is 5.07. The van der Waals surface area contributed by atoms with Gasteiger partial charge in [0, 0.05) is 46.3 Å². The molecular weight excluding hydrogens is 320 g/mol. The first-order valence-corrected chi connectivity index (χ1v) is 8.79. The highest BCUT2D eigenvalue weighted by atomic mass is 16.7. The van der Waals surface area contributed by atoms with E-state index in [2.05, 4.69) is 16.3 Å². The van der Waals surface area contributed by atoms with Gasteiger partial charge in [0.15, 0.2) is 0 Å². The Labute approximate surface area is 149 Å². The number of aromatic nitrogens is 1. The lowest BCUT2D eigenvalue weighted by Gasteiger charge is -2.25. The Morgan fingerprint density at radius 2 is 2.16 bits per heavy atom. The average Bonchev–Trinajstić information content (AvgIpc) is 2.97. The number of rotatable bonds is 6. The van der Waals surface area contributed by atoms with Crippen molar-refractivity contribution in [2.75, 3.05) is 46.7 Å². The van der Waals surface area contributed by atoms with Gasteiger partial charge >= 0.3 is 0 Å². The Morgan fingerprint density at radius 1 is 1.40 bits per heavy atom. The molecule has 3 rings (SSSR count). The van der Waals surface area contributed by atoms with Gasteiger partial charge in [-0.25, -0.2) is 4.98 Å². The predicted octanol–water partition coefficient (Wildman–Crippen LogP) is 1.39. The third kappa shape index (κ3) is 3.78. The molecule has 3 heterocycles. The van der Waals surface area contributed by atoms with Crippen LogP contribution in [-0.2, 0) is 27.2 Å². The number of anilines is 1. The number of nitrogens with one attached hydrogen (secondary N) is 1. The Hall–Kier alpha value is -1.70. The second kappa shape index (κ2) is 7.68. The molecule has 1 amide bonds. The zero-order valence-corrected chi connectivity index (χ0v) is 15.5. The maximum Gasteiger partial charge on any atom is 0.224 e. The fourth-order valence-corrected chi connectivity index (χ4v) is 3.55. The van der Waals surface area contributed by atoms with Crippen LogP contribution in [0.5, 0.6) is 0 Å². The number of likely N-dealkylation sites (tertiary alicyclic amines) is 1. The number of nitrogens with zero attached hydrogens (tertiary/aromatic N) is 3. The van der Waals surface area contributed by atoms with Gasteiger partial charge in [-0.05, 0) is 44.1 Å². The topological polar surface area (TPSA) is 66.9 Å². The number of fused-ring (bicyclic) bond motifs is 1. The molecule has 0 unspecified atom stereocenters. The molecule has 0 bridgehead atoms. The first-order chi connectivity index (χ1) is 12.0. The van der Waals surface area contributed by atoms with E-state index in [4.69, 9.17) is 14.5 Å². The van der Waals surface area contributed by atoms with Crippen LogP contribution in [0.2, 0.25) is 0 Å². The molecule has 2 aliphatic heterocycles. The maximum atomic E-state index is 12.4. The molecule has 1 saturated heterocycles. The Bertz CT molecular complexity index is 631. The SMILES string of the molecule is COC(OC)c1nc2c(cc1CN1C[C@H](N(C)C)CC1=O)CCCN2. The van der Waals surface area contributed by atoms with Crippen molar-refractivity contribution in [3.63, 3.8) is 0 Å². The van der Waals surface area contributed by atoms with E-state index in [0.29, 0.717) is 13.0 Å². The van der Waals surface area contributed by atoms with Crippen molar-refractivity contribution in [2.45, 2.75) is 38.1 Å². The zero-order valence-electron chi connectivity index (χ0n) is 15.5. The second-order valence-corrected chi connectivity index (χ2v) is 6.97. The summed E-state index contributed by atoms with van der Waals surface area (Å²) in [5.41, 5.74) is 2.95. The summed E-state index contributed by atoms with van der Waals surface area (Å²) in [5.74, 6) is 1.09. The lowest BCUT2D eigenvalue weighted by atomic mass is 10.0. The number of aryl methyl sites for hydroxylation is 1. The van der Waals surface area contributed by atoms with E-state index in [-0.39, 0.29) is 11.9 Å². The summed E-state index contributed by atoms with van der Waals surface area (Å²) in [6, 6.07) is 2.43. The highest BCUT2D eigenvalue weighted by Gasteiger charge is 2.32. The van der Waals surface area contributed by atoms with E-state index in [9.17, 15) is 4.79 Å². The van der Waals surface area contributed by atoms with Crippen molar-refractivity contribution >= 4 is 11.7 Å². The van der Waals surface area contributed by atoms with Gasteiger partial charge in [0.2, 0.25) is 12.2 Å². The van der Waals surface area contributed by atoms with Gasteiger partial charge in [-0.2, -0.15) is 0 Å². The van der Waals surface area contributed by atoms with Crippen molar-refractivity contribution in [2.24, 2.45) is 0 Å². The highest BCUT2D eigenvalue weighted by molar-refractivity contribution is 5.79. The number of hydrogen-bond acceptors (Lipinski definition) is 6. The molecule has 2 aliphatic rings. The minimum Gasteiger partial charge on any atom is -0.370 e. The van der Waals surface area contributed by atoms with Gasteiger partial charge in [0.05, 0.1) is 0 Å². The molecule has 0 spiro atoms. The molecule has 1 fully saturated rings. The first-order valence-electron chi connectivity index (χ1n) is 8.79. The molecule has 7 nitrogen and oxygen atoms in total. The highest BCUT2D eigenvalue weighted by Crippen LogP contribution is 2.29. The molecule has 25 heavy (non-hydrogen) atoms.